The van der Waals surface area contributed by atoms with Crippen LogP contribution in [0.5, 0.6) is 0 Å². The van der Waals surface area contributed by atoms with Crippen LogP contribution in [0.2, 0.25) is 0 Å². The minimum absolute atomic E-state index is 0.0209. The lowest BCUT2D eigenvalue weighted by Gasteiger charge is -2.51. The molecule has 0 atom stereocenters. The van der Waals surface area contributed by atoms with Crippen LogP contribution in [0.25, 0.3) is 0 Å². The normalized spacial score (nSPS) is 21.5. The Morgan fingerprint density at radius 1 is 1.09 bits per heavy atom. The van der Waals surface area contributed by atoms with E-state index in [0.717, 1.165) is 12.8 Å². The molecule has 0 aliphatic carbocycles. The Morgan fingerprint density at radius 3 is 2.09 bits per heavy atom. The van der Waals surface area contributed by atoms with E-state index in [4.69, 9.17) is 5.11 Å². The Bertz CT molecular complexity index is 389. The smallest absolute Gasteiger partial charge is 0.303 e. The summed E-state index contributed by atoms with van der Waals surface area (Å²) >= 11 is 0. The fraction of sp³-hybridized carbons (Fsp3) is 0.875. The number of hydrogen-bond acceptors (Lipinski definition) is 4. The van der Waals surface area contributed by atoms with Crippen LogP contribution in [0.3, 0.4) is 0 Å². The van der Waals surface area contributed by atoms with Gasteiger partial charge in [0.1, 0.15) is 0 Å². The van der Waals surface area contributed by atoms with Crippen molar-refractivity contribution in [2.75, 3.05) is 6.54 Å². The van der Waals surface area contributed by atoms with Crippen molar-refractivity contribution in [3.63, 3.8) is 0 Å². The van der Waals surface area contributed by atoms with Crippen LogP contribution >= 0.6 is 0 Å². The quantitative estimate of drug-likeness (QED) is 0.628. The molecule has 1 fully saturated rings. The van der Waals surface area contributed by atoms with Gasteiger partial charge in [-0.15, -0.1) is 0 Å². The van der Waals surface area contributed by atoms with Crippen LogP contribution in [0.15, 0.2) is 0 Å². The fourth-order valence-electron chi connectivity index (χ4n) is 3.53. The Balaban J connectivity index is 2.35. The van der Waals surface area contributed by atoms with Gasteiger partial charge >= 0.3 is 5.97 Å². The van der Waals surface area contributed by atoms with E-state index in [9.17, 15) is 14.8 Å². The first-order valence-corrected chi connectivity index (χ1v) is 8.02. The van der Waals surface area contributed by atoms with Crippen molar-refractivity contribution in [3.8, 4) is 0 Å². The topological polar surface area (TPSA) is 89.9 Å². The van der Waals surface area contributed by atoms with Gasteiger partial charge in [0, 0.05) is 30.5 Å². The lowest BCUT2D eigenvalue weighted by Crippen LogP contribution is -2.60. The molecule has 1 saturated heterocycles. The number of hydroxylamine groups is 2. The molecule has 0 aromatic carbocycles. The first-order valence-electron chi connectivity index (χ1n) is 8.02. The summed E-state index contributed by atoms with van der Waals surface area (Å²) in [6.45, 7) is 8.64. The van der Waals surface area contributed by atoms with Gasteiger partial charge in [-0.3, -0.25) is 9.59 Å². The van der Waals surface area contributed by atoms with Gasteiger partial charge in [0.05, 0.1) is 0 Å². The Labute approximate surface area is 132 Å². The lowest BCUT2D eigenvalue weighted by atomic mass is 9.75. The fourth-order valence-corrected chi connectivity index (χ4v) is 3.53. The molecular formula is C16H30N2O4. The number of hydrogen-bond donors (Lipinski definition) is 3. The highest BCUT2D eigenvalue weighted by molar-refractivity contribution is 5.75. The maximum Gasteiger partial charge on any atom is 0.303 e. The predicted molar refractivity (Wildman–Crippen MR) is 83.6 cm³/mol. The van der Waals surface area contributed by atoms with Gasteiger partial charge in [-0.05, 0) is 59.3 Å². The number of rotatable bonds is 7. The molecule has 6 heteroatoms. The Kier molecular flexibility index (Phi) is 6.38. The van der Waals surface area contributed by atoms with Crippen molar-refractivity contribution in [2.24, 2.45) is 5.92 Å². The van der Waals surface area contributed by atoms with E-state index >= 15 is 0 Å². The largest absolute Gasteiger partial charge is 0.481 e. The highest BCUT2D eigenvalue weighted by atomic mass is 16.5. The molecule has 6 nitrogen and oxygen atoms in total. The van der Waals surface area contributed by atoms with Crippen LogP contribution in [-0.4, -0.2) is 44.9 Å². The molecule has 0 aromatic heterocycles. The van der Waals surface area contributed by atoms with Crippen molar-refractivity contribution >= 4 is 11.9 Å². The number of carbonyl (C=O) groups is 2. The summed E-state index contributed by atoms with van der Waals surface area (Å²) in [6, 6.07) is 0. The molecule has 1 aliphatic rings. The van der Waals surface area contributed by atoms with Gasteiger partial charge < -0.3 is 15.6 Å². The predicted octanol–water partition coefficient (Wildman–Crippen LogP) is 2.41. The third-order valence-electron chi connectivity index (χ3n) is 4.36. The number of unbranched alkanes of at least 4 members (excludes halogenated alkanes) is 1. The van der Waals surface area contributed by atoms with Crippen molar-refractivity contribution in [1.82, 2.24) is 10.4 Å². The molecule has 22 heavy (non-hydrogen) atoms. The molecule has 3 N–H and O–H groups in total. The van der Waals surface area contributed by atoms with Gasteiger partial charge in [-0.25, -0.2) is 0 Å². The zero-order chi connectivity index (χ0) is 17.0. The Morgan fingerprint density at radius 2 is 1.59 bits per heavy atom. The van der Waals surface area contributed by atoms with Crippen LogP contribution in [0.1, 0.15) is 66.2 Å². The summed E-state index contributed by atoms with van der Waals surface area (Å²) in [4.78, 5) is 22.2. The second kappa shape index (κ2) is 7.42. The number of nitrogens with zero attached hydrogens (tertiary/aromatic N) is 1. The van der Waals surface area contributed by atoms with Gasteiger partial charge in [0.15, 0.2) is 0 Å². The van der Waals surface area contributed by atoms with E-state index in [2.05, 4.69) is 5.32 Å². The monoisotopic (exact) mass is 314 g/mol. The van der Waals surface area contributed by atoms with Crippen molar-refractivity contribution in [3.05, 3.63) is 0 Å². The third kappa shape index (κ3) is 5.57. The Hall–Kier alpha value is -1.14. The highest BCUT2D eigenvalue weighted by Crippen LogP contribution is 2.39. The molecule has 1 heterocycles. The van der Waals surface area contributed by atoms with E-state index < -0.39 is 5.97 Å². The molecule has 128 valence electrons. The molecule has 1 amide bonds. The van der Waals surface area contributed by atoms with Gasteiger partial charge in [-0.2, -0.15) is 5.06 Å². The molecule has 1 aliphatic heterocycles. The van der Waals surface area contributed by atoms with Gasteiger partial charge in [0.2, 0.25) is 5.91 Å². The lowest BCUT2D eigenvalue weighted by molar-refractivity contribution is -0.250. The minimum atomic E-state index is -0.819. The number of carbonyl (C=O) groups excluding carboxylic acids is 1. The van der Waals surface area contributed by atoms with Crippen molar-refractivity contribution in [2.45, 2.75) is 77.3 Å². The first-order chi connectivity index (χ1) is 10.0. The van der Waals surface area contributed by atoms with Crippen LogP contribution in [0, 0.1) is 5.92 Å². The van der Waals surface area contributed by atoms with Crippen LogP contribution in [-0.2, 0) is 9.59 Å². The third-order valence-corrected chi connectivity index (χ3v) is 4.36. The van der Waals surface area contributed by atoms with Crippen LogP contribution < -0.4 is 5.32 Å². The second-order valence-corrected chi connectivity index (χ2v) is 7.62. The summed E-state index contributed by atoms with van der Waals surface area (Å²) in [6.07, 6.45) is 3.28. The maximum absolute atomic E-state index is 11.8. The van der Waals surface area contributed by atoms with E-state index in [1.54, 1.807) is 0 Å². The molecule has 0 spiro atoms. The summed E-state index contributed by atoms with van der Waals surface area (Å²) < 4.78 is 0. The molecule has 1 rings (SSSR count). The molecule has 0 radical (unpaired) electrons. The maximum atomic E-state index is 11.8. The van der Waals surface area contributed by atoms with E-state index in [0.29, 0.717) is 31.7 Å². The summed E-state index contributed by atoms with van der Waals surface area (Å²) in [7, 11) is 0. The highest BCUT2D eigenvalue weighted by Gasteiger charge is 2.44. The number of carboxylic acids is 1. The summed E-state index contributed by atoms with van der Waals surface area (Å²) in [5.74, 6) is -0.510. The zero-order valence-corrected chi connectivity index (χ0v) is 14.2. The van der Waals surface area contributed by atoms with Gasteiger partial charge in [0.25, 0.3) is 0 Å². The average molecular weight is 314 g/mol. The molecule has 0 saturated carbocycles. The number of nitrogens with one attached hydrogen (secondary N) is 1. The summed E-state index contributed by atoms with van der Waals surface area (Å²) in [5, 5.41) is 23.2. The standard InChI is InChI=1S/C16H30N2O4/c1-15(2)9-12(10-16(3,4)18(15)22)11-17-13(19)7-5-6-8-14(20)21/h12,22H,5-11H2,1-4H3,(H,17,19)(H,20,21). The van der Waals surface area contributed by atoms with Gasteiger partial charge in [-0.1, -0.05) is 0 Å². The molecular weight excluding hydrogens is 284 g/mol. The van der Waals surface area contributed by atoms with E-state index in [-0.39, 0.29) is 23.4 Å². The zero-order valence-electron chi connectivity index (χ0n) is 14.2. The van der Waals surface area contributed by atoms with Crippen LogP contribution in [0.4, 0.5) is 0 Å². The molecule has 0 aromatic rings. The minimum Gasteiger partial charge on any atom is -0.481 e. The number of carboxylic acid groups (broad SMARTS) is 1. The van der Waals surface area contributed by atoms with Crippen molar-refractivity contribution in [1.29, 1.82) is 0 Å². The molecule has 0 bridgehead atoms. The second-order valence-electron chi connectivity index (χ2n) is 7.62. The average Bonchev–Trinajstić information content (AvgIpc) is 2.38. The number of piperidine rings is 1. The van der Waals surface area contributed by atoms with E-state index in [1.807, 2.05) is 27.7 Å². The SMILES string of the molecule is CC1(C)CC(CNC(=O)CCCCC(=O)O)CC(C)(C)N1O. The van der Waals surface area contributed by atoms with E-state index in [1.165, 1.54) is 5.06 Å². The van der Waals surface area contributed by atoms with Crippen molar-refractivity contribution < 1.29 is 19.9 Å². The number of aliphatic carboxylic acids is 1. The first kappa shape index (κ1) is 18.9. The molecule has 0 unspecified atom stereocenters. The summed E-state index contributed by atoms with van der Waals surface area (Å²) in [5.41, 5.74) is -0.614. The number of amides is 1.